The van der Waals surface area contributed by atoms with Crippen LogP contribution in [0.15, 0.2) is 53.7 Å². The van der Waals surface area contributed by atoms with Gasteiger partial charge in [0, 0.05) is 11.4 Å². The highest BCUT2D eigenvalue weighted by atomic mass is 32.2. The van der Waals surface area contributed by atoms with Gasteiger partial charge in [-0.1, -0.05) is 11.8 Å². The number of hydrogen-bond donors (Lipinski definition) is 1. The van der Waals surface area contributed by atoms with Crippen LogP contribution in [-0.2, 0) is 11.0 Å². The lowest BCUT2D eigenvalue weighted by molar-refractivity contribution is -0.137. The first-order valence-electron chi connectivity index (χ1n) is 9.54. The summed E-state index contributed by atoms with van der Waals surface area (Å²) in [5, 5.41) is 11.4. The van der Waals surface area contributed by atoms with E-state index in [1.54, 1.807) is 16.7 Å². The standard InChI is InChI=1S/C21H21F4N5OS/c1-13(29(2)3)19-27-28-20(30(19)17-10-6-15(22)7-11-17)32-12-18(31)26-16-8-4-14(5-9-16)21(23,24)25/h4-11,13H,12H2,1-3H3,(H,26,31). The van der Waals surface area contributed by atoms with E-state index in [1.165, 1.54) is 24.3 Å². The second-order valence-electron chi connectivity index (χ2n) is 7.20. The van der Waals surface area contributed by atoms with Crippen LogP contribution in [0.5, 0.6) is 0 Å². The molecule has 6 nitrogen and oxygen atoms in total. The number of benzene rings is 2. The highest BCUT2D eigenvalue weighted by molar-refractivity contribution is 7.99. The molecule has 0 radical (unpaired) electrons. The summed E-state index contributed by atoms with van der Waals surface area (Å²) >= 11 is 1.12. The first-order valence-corrected chi connectivity index (χ1v) is 10.5. The van der Waals surface area contributed by atoms with Gasteiger partial charge in [-0.05, 0) is 69.6 Å². The smallest absolute Gasteiger partial charge is 0.325 e. The number of halogens is 4. The van der Waals surface area contributed by atoms with E-state index in [-0.39, 0.29) is 23.3 Å². The molecule has 0 aliphatic carbocycles. The third-order valence-electron chi connectivity index (χ3n) is 4.72. The molecule has 2 aromatic carbocycles. The Morgan fingerprint density at radius 2 is 1.72 bits per heavy atom. The summed E-state index contributed by atoms with van der Waals surface area (Å²) in [6.07, 6.45) is -4.44. The summed E-state index contributed by atoms with van der Waals surface area (Å²) in [4.78, 5) is 14.3. The number of carbonyl (C=O) groups excluding carboxylic acids is 1. The number of hydrogen-bond acceptors (Lipinski definition) is 5. The van der Waals surface area contributed by atoms with Gasteiger partial charge in [-0.25, -0.2) is 4.39 Å². The molecule has 32 heavy (non-hydrogen) atoms. The predicted octanol–water partition coefficient (Wildman–Crippen LogP) is 4.78. The molecule has 1 heterocycles. The maximum absolute atomic E-state index is 13.4. The first-order chi connectivity index (χ1) is 15.1. The first kappa shape index (κ1) is 23.7. The van der Waals surface area contributed by atoms with Crippen LogP contribution in [0.3, 0.4) is 0 Å². The molecular weight excluding hydrogens is 446 g/mol. The zero-order valence-corrected chi connectivity index (χ0v) is 18.3. The largest absolute Gasteiger partial charge is 0.416 e. The summed E-state index contributed by atoms with van der Waals surface area (Å²) in [7, 11) is 3.78. The van der Waals surface area contributed by atoms with Gasteiger partial charge in [0.05, 0.1) is 17.4 Å². The van der Waals surface area contributed by atoms with Gasteiger partial charge in [0.25, 0.3) is 0 Å². The maximum atomic E-state index is 13.4. The Kier molecular flexibility index (Phi) is 7.19. The molecule has 0 saturated carbocycles. The zero-order chi connectivity index (χ0) is 23.5. The lowest BCUT2D eigenvalue weighted by atomic mass is 10.2. The van der Waals surface area contributed by atoms with Gasteiger partial charge in [0.15, 0.2) is 11.0 Å². The number of aromatic nitrogens is 3. The summed E-state index contributed by atoms with van der Waals surface area (Å²) in [6.45, 7) is 1.94. The zero-order valence-electron chi connectivity index (χ0n) is 17.5. The molecule has 1 amide bonds. The Labute approximate surface area is 186 Å². The van der Waals surface area contributed by atoms with Gasteiger partial charge < -0.3 is 5.32 Å². The highest BCUT2D eigenvalue weighted by Gasteiger charge is 2.30. The van der Waals surface area contributed by atoms with Crippen molar-refractivity contribution in [2.75, 3.05) is 25.2 Å². The van der Waals surface area contributed by atoms with Crippen LogP contribution in [0.1, 0.15) is 24.4 Å². The van der Waals surface area contributed by atoms with Crippen molar-refractivity contribution < 1.29 is 22.4 Å². The fraction of sp³-hybridized carbons (Fsp3) is 0.286. The van der Waals surface area contributed by atoms with Crippen molar-refractivity contribution >= 4 is 23.4 Å². The van der Waals surface area contributed by atoms with Gasteiger partial charge in [-0.15, -0.1) is 10.2 Å². The fourth-order valence-corrected chi connectivity index (χ4v) is 3.54. The van der Waals surface area contributed by atoms with Crippen LogP contribution >= 0.6 is 11.8 Å². The topological polar surface area (TPSA) is 63.1 Å². The summed E-state index contributed by atoms with van der Waals surface area (Å²) in [5.41, 5.74) is 0.107. The molecule has 0 aliphatic rings. The van der Waals surface area contributed by atoms with Crippen molar-refractivity contribution in [3.63, 3.8) is 0 Å². The Bertz CT molecular complexity index is 1070. The van der Waals surface area contributed by atoms with Gasteiger partial charge in [0.2, 0.25) is 5.91 Å². The molecule has 0 aliphatic heterocycles. The molecule has 0 spiro atoms. The Balaban J connectivity index is 1.75. The van der Waals surface area contributed by atoms with Crippen LogP contribution in [0.25, 0.3) is 5.69 Å². The quantitative estimate of drug-likeness (QED) is 0.400. The van der Waals surface area contributed by atoms with Crippen LogP contribution in [-0.4, -0.2) is 45.4 Å². The van der Waals surface area contributed by atoms with Crippen LogP contribution < -0.4 is 5.32 Å². The molecule has 170 valence electrons. The van der Waals surface area contributed by atoms with Crippen LogP contribution in [0.4, 0.5) is 23.2 Å². The van der Waals surface area contributed by atoms with E-state index in [9.17, 15) is 22.4 Å². The van der Waals surface area contributed by atoms with Gasteiger partial charge >= 0.3 is 6.18 Å². The Hall–Kier alpha value is -2.92. The predicted molar refractivity (Wildman–Crippen MR) is 114 cm³/mol. The van der Waals surface area contributed by atoms with Crippen LogP contribution in [0.2, 0.25) is 0 Å². The number of anilines is 1. The Morgan fingerprint density at radius 1 is 1.09 bits per heavy atom. The molecule has 3 rings (SSSR count). The lowest BCUT2D eigenvalue weighted by Gasteiger charge is -2.20. The summed E-state index contributed by atoms with van der Waals surface area (Å²) in [5.74, 6) is -0.219. The minimum absolute atomic E-state index is 0.0449. The van der Waals surface area contributed by atoms with E-state index in [1.807, 2.05) is 25.9 Å². The molecule has 0 bridgehead atoms. The molecule has 1 atom stereocenters. The van der Waals surface area contributed by atoms with Crippen molar-refractivity contribution in [2.45, 2.75) is 24.3 Å². The molecule has 3 aromatic rings. The summed E-state index contributed by atoms with van der Waals surface area (Å²) < 4.78 is 53.2. The van der Waals surface area contributed by atoms with Crippen molar-refractivity contribution in [1.82, 2.24) is 19.7 Å². The van der Waals surface area contributed by atoms with E-state index in [4.69, 9.17) is 0 Å². The summed E-state index contributed by atoms with van der Waals surface area (Å²) in [6, 6.07) is 9.94. The van der Waals surface area contributed by atoms with E-state index >= 15 is 0 Å². The number of alkyl halides is 3. The van der Waals surface area contributed by atoms with Crippen LogP contribution in [0, 0.1) is 5.82 Å². The second-order valence-corrected chi connectivity index (χ2v) is 8.15. The average Bonchev–Trinajstić information content (AvgIpc) is 3.15. The van der Waals surface area contributed by atoms with E-state index in [0.717, 1.165) is 23.9 Å². The van der Waals surface area contributed by atoms with Crippen molar-refractivity contribution in [1.29, 1.82) is 0 Å². The minimum Gasteiger partial charge on any atom is -0.325 e. The van der Waals surface area contributed by atoms with Gasteiger partial charge in [-0.2, -0.15) is 13.2 Å². The molecule has 0 saturated heterocycles. The maximum Gasteiger partial charge on any atom is 0.416 e. The van der Waals surface area contributed by atoms with Gasteiger partial charge in [0.1, 0.15) is 5.82 Å². The molecule has 1 aromatic heterocycles. The molecule has 0 fully saturated rings. The normalized spacial score (nSPS) is 12.8. The van der Waals surface area contributed by atoms with Gasteiger partial charge in [-0.3, -0.25) is 14.3 Å². The van der Waals surface area contributed by atoms with Crippen molar-refractivity contribution in [3.8, 4) is 5.69 Å². The molecular formula is C21H21F4N5OS. The number of nitrogens with one attached hydrogen (secondary N) is 1. The number of carbonyl (C=O) groups is 1. The number of rotatable bonds is 7. The highest BCUT2D eigenvalue weighted by Crippen LogP contribution is 2.30. The lowest BCUT2D eigenvalue weighted by Crippen LogP contribution is -2.21. The monoisotopic (exact) mass is 467 g/mol. The number of thioether (sulfide) groups is 1. The van der Waals surface area contributed by atoms with E-state index < -0.39 is 17.6 Å². The second kappa shape index (κ2) is 9.70. The minimum atomic E-state index is -4.44. The third-order valence-corrected chi connectivity index (χ3v) is 5.65. The molecule has 1 N–H and O–H groups in total. The van der Waals surface area contributed by atoms with E-state index in [2.05, 4.69) is 15.5 Å². The van der Waals surface area contributed by atoms with Crippen molar-refractivity contribution in [3.05, 3.63) is 65.7 Å². The van der Waals surface area contributed by atoms with E-state index in [0.29, 0.717) is 16.7 Å². The molecule has 1 unspecified atom stereocenters. The Morgan fingerprint density at radius 3 is 2.28 bits per heavy atom. The average molecular weight is 467 g/mol. The fourth-order valence-electron chi connectivity index (χ4n) is 2.78. The number of amides is 1. The third kappa shape index (κ3) is 5.65. The number of nitrogens with zero attached hydrogens (tertiary/aromatic N) is 4. The van der Waals surface area contributed by atoms with Crippen molar-refractivity contribution in [2.24, 2.45) is 0 Å². The molecule has 11 heteroatoms. The SMILES string of the molecule is CC(c1nnc(SCC(=O)Nc2ccc(C(F)(F)F)cc2)n1-c1ccc(F)cc1)N(C)C.